The van der Waals surface area contributed by atoms with E-state index in [1.54, 1.807) is 6.92 Å². The lowest BCUT2D eigenvalue weighted by atomic mass is 10.1. The van der Waals surface area contributed by atoms with E-state index in [2.05, 4.69) is 0 Å². The molecule has 25 heavy (non-hydrogen) atoms. The zero-order valence-electron chi connectivity index (χ0n) is 13.9. The van der Waals surface area contributed by atoms with Crippen LogP contribution in [0.3, 0.4) is 0 Å². The summed E-state index contributed by atoms with van der Waals surface area (Å²) >= 11 is 6.00. The Morgan fingerprint density at radius 1 is 1.12 bits per heavy atom. The Kier molecular flexibility index (Phi) is 6.95. The first-order chi connectivity index (χ1) is 12.0. The molecule has 2 aromatic carbocycles. The number of halogens is 2. The summed E-state index contributed by atoms with van der Waals surface area (Å²) in [6, 6.07) is 13.4. The van der Waals surface area contributed by atoms with Gasteiger partial charge in [0.25, 0.3) is 5.91 Å². The number of carbonyl (C=O) groups is 2. The van der Waals surface area contributed by atoms with Crippen molar-refractivity contribution in [3.05, 3.63) is 70.5 Å². The van der Waals surface area contributed by atoms with Gasteiger partial charge in [-0.25, -0.2) is 4.39 Å². The lowest BCUT2D eigenvalue weighted by Crippen LogP contribution is -2.33. The SMILES string of the molecule is CCOC(=O)CCN(Cc1ccccc1)C(=O)c1c(F)cccc1Cl. The highest BCUT2D eigenvalue weighted by molar-refractivity contribution is 6.33. The lowest BCUT2D eigenvalue weighted by molar-refractivity contribution is -0.143. The smallest absolute Gasteiger partial charge is 0.307 e. The molecule has 0 aliphatic rings. The summed E-state index contributed by atoms with van der Waals surface area (Å²) in [5.41, 5.74) is 0.677. The van der Waals surface area contributed by atoms with Gasteiger partial charge in [0.05, 0.1) is 23.6 Å². The standard InChI is InChI=1S/C19H19ClFNO3/c1-2-25-17(23)11-12-22(13-14-7-4-3-5-8-14)19(24)18-15(20)9-6-10-16(18)21/h3-10H,2,11-13H2,1H3. The quantitative estimate of drug-likeness (QED) is 0.696. The highest BCUT2D eigenvalue weighted by Gasteiger charge is 2.23. The van der Waals surface area contributed by atoms with Crippen molar-refractivity contribution in [2.24, 2.45) is 0 Å². The van der Waals surface area contributed by atoms with Gasteiger partial charge in [-0.1, -0.05) is 48.0 Å². The molecule has 0 radical (unpaired) electrons. The topological polar surface area (TPSA) is 46.6 Å². The molecular weight excluding hydrogens is 345 g/mol. The van der Waals surface area contributed by atoms with E-state index in [1.807, 2.05) is 30.3 Å². The molecule has 0 aliphatic carbocycles. The van der Waals surface area contributed by atoms with Gasteiger partial charge in [-0.15, -0.1) is 0 Å². The number of hydrogen-bond donors (Lipinski definition) is 0. The number of benzene rings is 2. The molecule has 2 rings (SSSR count). The zero-order chi connectivity index (χ0) is 18.2. The van der Waals surface area contributed by atoms with Crippen LogP contribution in [0.15, 0.2) is 48.5 Å². The van der Waals surface area contributed by atoms with Crippen LogP contribution in [-0.2, 0) is 16.1 Å². The molecule has 6 heteroatoms. The molecule has 2 aromatic rings. The normalized spacial score (nSPS) is 10.4. The van der Waals surface area contributed by atoms with E-state index in [0.717, 1.165) is 5.56 Å². The molecule has 0 aromatic heterocycles. The van der Waals surface area contributed by atoms with Gasteiger partial charge in [-0.2, -0.15) is 0 Å². The molecule has 0 fully saturated rings. The van der Waals surface area contributed by atoms with Gasteiger partial charge in [-0.05, 0) is 24.6 Å². The first-order valence-electron chi connectivity index (χ1n) is 7.95. The first-order valence-corrected chi connectivity index (χ1v) is 8.33. The van der Waals surface area contributed by atoms with E-state index >= 15 is 0 Å². The number of hydrogen-bond acceptors (Lipinski definition) is 3. The first kappa shape index (κ1) is 18.9. The largest absolute Gasteiger partial charge is 0.466 e. The lowest BCUT2D eigenvalue weighted by Gasteiger charge is -2.23. The summed E-state index contributed by atoms with van der Waals surface area (Å²) in [5, 5.41) is 0.0409. The highest BCUT2D eigenvalue weighted by atomic mass is 35.5. The molecule has 1 amide bonds. The average molecular weight is 364 g/mol. The maximum atomic E-state index is 14.1. The maximum absolute atomic E-state index is 14.1. The third-order valence-corrected chi connectivity index (χ3v) is 3.89. The fraction of sp³-hybridized carbons (Fsp3) is 0.263. The number of carbonyl (C=O) groups excluding carboxylic acids is 2. The fourth-order valence-electron chi connectivity index (χ4n) is 2.38. The van der Waals surface area contributed by atoms with Crippen LogP contribution in [0.5, 0.6) is 0 Å². The van der Waals surface area contributed by atoms with Crippen molar-refractivity contribution >= 4 is 23.5 Å². The zero-order valence-corrected chi connectivity index (χ0v) is 14.6. The van der Waals surface area contributed by atoms with E-state index in [1.165, 1.54) is 23.1 Å². The predicted octanol–water partition coefficient (Wildman–Crippen LogP) is 4.07. The average Bonchev–Trinajstić information content (AvgIpc) is 2.59. The molecular formula is C19H19ClFNO3. The number of nitrogens with zero attached hydrogens (tertiary/aromatic N) is 1. The summed E-state index contributed by atoms with van der Waals surface area (Å²) in [7, 11) is 0. The summed E-state index contributed by atoms with van der Waals surface area (Å²) in [5.74, 6) is -1.66. The fourth-order valence-corrected chi connectivity index (χ4v) is 2.62. The van der Waals surface area contributed by atoms with Crippen LogP contribution in [0.1, 0.15) is 29.3 Å². The Labute approximate surface area is 151 Å². The second kappa shape index (κ2) is 9.18. The Morgan fingerprint density at radius 2 is 1.84 bits per heavy atom. The van der Waals surface area contributed by atoms with Gasteiger partial charge < -0.3 is 9.64 Å². The summed E-state index contributed by atoms with van der Waals surface area (Å²) in [6.45, 7) is 2.33. The predicted molar refractivity (Wildman–Crippen MR) is 93.8 cm³/mol. The number of ether oxygens (including phenoxy) is 1. The molecule has 132 valence electrons. The number of rotatable bonds is 7. The van der Waals surface area contributed by atoms with Gasteiger partial charge in [-0.3, -0.25) is 9.59 Å². The summed E-state index contributed by atoms with van der Waals surface area (Å²) in [6.07, 6.45) is 0.0263. The third-order valence-electron chi connectivity index (χ3n) is 3.57. The molecule has 0 heterocycles. The van der Waals surface area contributed by atoms with E-state index in [0.29, 0.717) is 0 Å². The third kappa shape index (κ3) is 5.29. The molecule has 0 aliphatic heterocycles. The molecule has 4 nitrogen and oxygen atoms in total. The second-order valence-corrected chi connectivity index (χ2v) is 5.77. The summed E-state index contributed by atoms with van der Waals surface area (Å²) < 4.78 is 19.0. The molecule has 0 saturated carbocycles. The van der Waals surface area contributed by atoms with Crippen molar-refractivity contribution < 1.29 is 18.7 Å². The second-order valence-electron chi connectivity index (χ2n) is 5.36. The van der Waals surface area contributed by atoms with Crippen LogP contribution in [-0.4, -0.2) is 29.9 Å². The monoisotopic (exact) mass is 363 g/mol. The minimum atomic E-state index is -0.688. The van der Waals surface area contributed by atoms with Crippen molar-refractivity contribution in [1.82, 2.24) is 4.90 Å². The van der Waals surface area contributed by atoms with Crippen molar-refractivity contribution in [2.45, 2.75) is 19.9 Å². The van der Waals surface area contributed by atoms with Crippen LogP contribution in [0.25, 0.3) is 0 Å². The van der Waals surface area contributed by atoms with Crippen LogP contribution in [0.2, 0.25) is 5.02 Å². The van der Waals surface area contributed by atoms with Crippen molar-refractivity contribution in [3.8, 4) is 0 Å². The van der Waals surface area contributed by atoms with E-state index < -0.39 is 17.7 Å². The minimum absolute atomic E-state index is 0.0263. The van der Waals surface area contributed by atoms with Gasteiger partial charge in [0.15, 0.2) is 0 Å². The van der Waals surface area contributed by atoms with Crippen molar-refractivity contribution in [3.63, 3.8) is 0 Å². The Bertz CT molecular complexity index is 716. The van der Waals surface area contributed by atoms with Crippen LogP contribution >= 0.6 is 11.6 Å². The molecule has 0 unspecified atom stereocenters. The minimum Gasteiger partial charge on any atom is -0.466 e. The van der Waals surface area contributed by atoms with E-state index in [4.69, 9.17) is 16.3 Å². The van der Waals surface area contributed by atoms with Gasteiger partial charge in [0.1, 0.15) is 5.82 Å². The summed E-state index contributed by atoms with van der Waals surface area (Å²) in [4.78, 5) is 25.8. The maximum Gasteiger partial charge on any atom is 0.307 e. The molecule has 0 N–H and O–H groups in total. The van der Waals surface area contributed by atoms with Gasteiger partial charge >= 0.3 is 5.97 Å². The van der Waals surface area contributed by atoms with Gasteiger partial charge in [0, 0.05) is 13.1 Å². The molecule has 0 bridgehead atoms. The van der Waals surface area contributed by atoms with Crippen molar-refractivity contribution in [2.75, 3.05) is 13.2 Å². The Morgan fingerprint density at radius 3 is 2.48 bits per heavy atom. The van der Waals surface area contributed by atoms with Crippen LogP contribution in [0.4, 0.5) is 4.39 Å². The van der Waals surface area contributed by atoms with E-state index in [-0.39, 0.29) is 36.7 Å². The Hall–Kier alpha value is -2.40. The number of esters is 1. The molecule has 0 atom stereocenters. The van der Waals surface area contributed by atoms with Crippen LogP contribution in [0, 0.1) is 5.82 Å². The number of amides is 1. The van der Waals surface area contributed by atoms with Crippen molar-refractivity contribution in [1.29, 1.82) is 0 Å². The molecule has 0 saturated heterocycles. The van der Waals surface area contributed by atoms with Crippen LogP contribution < -0.4 is 0 Å². The van der Waals surface area contributed by atoms with E-state index in [9.17, 15) is 14.0 Å². The Balaban J connectivity index is 2.23. The molecule has 0 spiro atoms. The van der Waals surface area contributed by atoms with Gasteiger partial charge in [0.2, 0.25) is 0 Å². The highest BCUT2D eigenvalue weighted by Crippen LogP contribution is 2.22.